The highest BCUT2D eigenvalue weighted by Gasteiger charge is 2.25. The third-order valence-electron chi connectivity index (χ3n) is 5.08. The molecule has 156 valence electrons. The van der Waals surface area contributed by atoms with Crippen molar-refractivity contribution < 1.29 is 9.59 Å². The SMILES string of the molecule is CC(C)C(NC(=O)c1cccs1)C(=O)NCc1ccc(N2CCN(C)CC2)nc1. The first-order chi connectivity index (χ1) is 13.9. The zero-order chi connectivity index (χ0) is 20.8. The van der Waals surface area contributed by atoms with E-state index in [1.54, 1.807) is 6.07 Å². The fourth-order valence-corrected chi connectivity index (χ4v) is 3.82. The lowest BCUT2D eigenvalue weighted by molar-refractivity contribution is -0.124. The van der Waals surface area contributed by atoms with Crippen LogP contribution in [0.1, 0.15) is 29.1 Å². The van der Waals surface area contributed by atoms with Crippen LogP contribution in [0.4, 0.5) is 5.82 Å². The summed E-state index contributed by atoms with van der Waals surface area (Å²) >= 11 is 1.36. The van der Waals surface area contributed by atoms with Crippen LogP contribution in [0.15, 0.2) is 35.8 Å². The lowest BCUT2D eigenvalue weighted by Gasteiger charge is -2.33. The van der Waals surface area contributed by atoms with E-state index < -0.39 is 6.04 Å². The van der Waals surface area contributed by atoms with Gasteiger partial charge in [-0.2, -0.15) is 0 Å². The van der Waals surface area contributed by atoms with Crippen molar-refractivity contribution in [3.05, 3.63) is 46.3 Å². The van der Waals surface area contributed by atoms with E-state index in [-0.39, 0.29) is 17.7 Å². The summed E-state index contributed by atoms with van der Waals surface area (Å²) < 4.78 is 0. The number of amides is 2. The van der Waals surface area contributed by atoms with Crippen molar-refractivity contribution in [1.29, 1.82) is 0 Å². The number of pyridine rings is 1. The second kappa shape index (κ2) is 9.84. The fraction of sp³-hybridized carbons (Fsp3) is 0.476. The number of hydrogen-bond acceptors (Lipinski definition) is 6. The predicted molar refractivity (Wildman–Crippen MR) is 116 cm³/mol. The first-order valence-electron chi connectivity index (χ1n) is 9.94. The molecule has 1 aliphatic rings. The van der Waals surface area contributed by atoms with Crippen molar-refractivity contribution in [2.45, 2.75) is 26.4 Å². The molecule has 1 fully saturated rings. The number of nitrogens with zero attached hydrogens (tertiary/aromatic N) is 3. The Bertz CT molecular complexity index is 799. The Kier molecular flexibility index (Phi) is 7.22. The molecule has 1 atom stereocenters. The molecule has 2 aromatic rings. The van der Waals surface area contributed by atoms with Crippen molar-refractivity contribution in [1.82, 2.24) is 20.5 Å². The van der Waals surface area contributed by atoms with Crippen LogP contribution >= 0.6 is 11.3 Å². The zero-order valence-electron chi connectivity index (χ0n) is 17.2. The maximum absolute atomic E-state index is 12.7. The summed E-state index contributed by atoms with van der Waals surface area (Å²) in [6.07, 6.45) is 1.81. The Labute approximate surface area is 176 Å². The van der Waals surface area contributed by atoms with Gasteiger partial charge in [0.25, 0.3) is 5.91 Å². The Morgan fingerprint density at radius 3 is 2.52 bits per heavy atom. The molecular formula is C21H29N5O2S. The number of anilines is 1. The lowest BCUT2D eigenvalue weighted by atomic mass is 10.0. The van der Waals surface area contributed by atoms with Gasteiger partial charge < -0.3 is 20.4 Å². The Morgan fingerprint density at radius 2 is 1.93 bits per heavy atom. The monoisotopic (exact) mass is 415 g/mol. The maximum Gasteiger partial charge on any atom is 0.262 e. The second-order valence-corrected chi connectivity index (χ2v) is 8.65. The van der Waals surface area contributed by atoms with Crippen LogP contribution in [0.2, 0.25) is 0 Å². The molecule has 7 nitrogen and oxygen atoms in total. The summed E-state index contributed by atoms with van der Waals surface area (Å²) in [4.78, 5) is 34.7. The first kappa shape index (κ1) is 21.3. The number of thiophene rings is 1. The van der Waals surface area contributed by atoms with E-state index in [0.29, 0.717) is 11.4 Å². The van der Waals surface area contributed by atoms with Gasteiger partial charge in [-0.3, -0.25) is 9.59 Å². The van der Waals surface area contributed by atoms with Gasteiger partial charge in [0.15, 0.2) is 0 Å². The smallest absolute Gasteiger partial charge is 0.262 e. The minimum Gasteiger partial charge on any atom is -0.354 e. The summed E-state index contributed by atoms with van der Waals surface area (Å²) in [6, 6.07) is 6.99. The quantitative estimate of drug-likeness (QED) is 0.723. The summed E-state index contributed by atoms with van der Waals surface area (Å²) in [5.41, 5.74) is 0.934. The van der Waals surface area contributed by atoms with Crippen LogP contribution in [0.3, 0.4) is 0 Å². The van der Waals surface area contributed by atoms with E-state index in [4.69, 9.17) is 0 Å². The van der Waals surface area contributed by atoms with Gasteiger partial charge in [0.1, 0.15) is 11.9 Å². The minimum atomic E-state index is -0.581. The van der Waals surface area contributed by atoms with Crippen LogP contribution in [0.25, 0.3) is 0 Å². The Morgan fingerprint density at radius 1 is 1.17 bits per heavy atom. The number of aromatic nitrogens is 1. The number of piperazine rings is 1. The van der Waals surface area contributed by atoms with Crippen molar-refractivity contribution >= 4 is 29.0 Å². The van der Waals surface area contributed by atoms with Gasteiger partial charge in [0.2, 0.25) is 5.91 Å². The van der Waals surface area contributed by atoms with E-state index in [9.17, 15) is 9.59 Å². The first-order valence-corrected chi connectivity index (χ1v) is 10.8. The number of likely N-dealkylation sites (N-methyl/N-ethyl adjacent to an activating group) is 1. The summed E-state index contributed by atoms with van der Waals surface area (Å²) in [5.74, 6) is 0.549. The third kappa shape index (κ3) is 5.77. The highest BCUT2D eigenvalue weighted by Crippen LogP contribution is 2.14. The molecule has 1 aliphatic heterocycles. The molecule has 2 N–H and O–H groups in total. The predicted octanol–water partition coefficient (Wildman–Crippen LogP) is 1.97. The molecule has 3 rings (SSSR count). The molecule has 0 spiro atoms. The molecule has 2 amide bonds. The van der Waals surface area contributed by atoms with Gasteiger partial charge in [-0.05, 0) is 36.0 Å². The van der Waals surface area contributed by atoms with E-state index in [0.717, 1.165) is 37.6 Å². The summed E-state index contributed by atoms with van der Waals surface area (Å²) in [7, 11) is 2.13. The number of rotatable bonds is 7. The molecule has 8 heteroatoms. The lowest BCUT2D eigenvalue weighted by Crippen LogP contribution is -2.49. The van der Waals surface area contributed by atoms with Gasteiger partial charge in [-0.1, -0.05) is 26.0 Å². The highest BCUT2D eigenvalue weighted by atomic mass is 32.1. The summed E-state index contributed by atoms with van der Waals surface area (Å²) in [6.45, 7) is 8.24. The van der Waals surface area contributed by atoms with E-state index >= 15 is 0 Å². The molecule has 0 aromatic carbocycles. The van der Waals surface area contributed by atoms with Gasteiger partial charge in [0, 0.05) is 38.9 Å². The van der Waals surface area contributed by atoms with E-state index in [1.807, 2.05) is 43.6 Å². The topological polar surface area (TPSA) is 77.6 Å². The Hall–Kier alpha value is -2.45. The van der Waals surface area contributed by atoms with Crippen molar-refractivity contribution in [2.24, 2.45) is 5.92 Å². The molecular weight excluding hydrogens is 386 g/mol. The largest absolute Gasteiger partial charge is 0.354 e. The molecule has 3 heterocycles. The summed E-state index contributed by atoms with van der Waals surface area (Å²) in [5, 5.41) is 7.61. The number of hydrogen-bond donors (Lipinski definition) is 2. The van der Waals surface area contributed by atoms with Gasteiger partial charge in [0.05, 0.1) is 4.88 Å². The molecule has 1 unspecified atom stereocenters. The van der Waals surface area contributed by atoms with Crippen LogP contribution in [-0.2, 0) is 11.3 Å². The highest BCUT2D eigenvalue weighted by molar-refractivity contribution is 7.12. The molecule has 0 aliphatic carbocycles. The molecule has 0 radical (unpaired) electrons. The standard InChI is InChI=1S/C21H29N5O2S/c1-15(2)19(24-20(27)17-5-4-12-29-17)21(28)23-14-16-6-7-18(22-13-16)26-10-8-25(3)9-11-26/h4-7,12-13,15,19H,8-11,14H2,1-3H3,(H,23,28)(H,24,27). The normalized spacial score (nSPS) is 15.9. The Balaban J connectivity index is 1.53. The third-order valence-corrected chi connectivity index (χ3v) is 5.95. The molecule has 2 aromatic heterocycles. The number of carbonyl (C=O) groups is 2. The maximum atomic E-state index is 12.7. The van der Waals surface area contributed by atoms with Gasteiger partial charge in [-0.25, -0.2) is 4.98 Å². The van der Waals surface area contributed by atoms with Gasteiger partial charge in [-0.15, -0.1) is 11.3 Å². The fourth-order valence-electron chi connectivity index (χ4n) is 3.20. The van der Waals surface area contributed by atoms with Crippen LogP contribution in [0, 0.1) is 5.92 Å². The second-order valence-electron chi connectivity index (χ2n) is 7.71. The molecule has 1 saturated heterocycles. The molecule has 0 bridgehead atoms. The molecule has 0 saturated carbocycles. The van der Waals surface area contributed by atoms with E-state index in [1.165, 1.54) is 11.3 Å². The van der Waals surface area contributed by atoms with Crippen LogP contribution < -0.4 is 15.5 Å². The zero-order valence-corrected chi connectivity index (χ0v) is 18.0. The average molecular weight is 416 g/mol. The average Bonchev–Trinajstić information content (AvgIpc) is 3.26. The van der Waals surface area contributed by atoms with E-state index in [2.05, 4.69) is 32.5 Å². The number of nitrogens with one attached hydrogen (secondary N) is 2. The van der Waals surface area contributed by atoms with Crippen molar-refractivity contribution in [3.8, 4) is 0 Å². The molecule has 29 heavy (non-hydrogen) atoms. The number of carbonyl (C=O) groups excluding carboxylic acids is 2. The van der Waals surface area contributed by atoms with Crippen molar-refractivity contribution in [2.75, 3.05) is 38.1 Å². The van der Waals surface area contributed by atoms with Gasteiger partial charge >= 0.3 is 0 Å². The van der Waals surface area contributed by atoms with Crippen LogP contribution in [0.5, 0.6) is 0 Å². The minimum absolute atomic E-state index is 0.0170. The van der Waals surface area contributed by atoms with Crippen LogP contribution in [-0.4, -0.2) is 61.0 Å². The van der Waals surface area contributed by atoms with Crippen molar-refractivity contribution in [3.63, 3.8) is 0 Å².